The van der Waals surface area contributed by atoms with Gasteiger partial charge in [0.15, 0.2) is 0 Å². The predicted molar refractivity (Wildman–Crippen MR) is 102 cm³/mol. The zero-order chi connectivity index (χ0) is 17.6. The van der Waals surface area contributed by atoms with Crippen LogP contribution in [0.4, 0.5) is 0 Å². The summed E-state index contributed by atoms with van der Waals surface area (Å²) >= 11 is 0. The third kappa shape index (κ3) is 3.93. The van der Waals surface area contributed by atoms with Gasteiger partial charge in [0.2, 0.25) is 5.91 Å². The van der Waals surface area contributed by atoms with Crippen molar-refractivity contribution in [2.24, 2.45) is 11.7 Å². The lowest BCUT2D eigenvalue weighted by molar-refractivity contribution is -0.132. The summed E-state index contributed by atoms with van der Waals surface area (Å²) in [6.45, 7) is 4.30. The highest BCUT2D eigenvalue weighted by Crippen LogP contribution is 2.34. The van der Waals surface area contributed by atoms with Crippen molar-refractivity contribution in [1.29, 1.82) is 0 Å². The fourth-order valence-corrected chi connectivity index (χ4v) is 4.00. The van der Waals surface area contributed by atoms with Crippen molar-refractivity contribution in [1.82, 2.24) is 4.90 Å². The van der Waals surface area contributed by atoms with Gasteiger partial charge in [0, 0.05) is 19.0 Å². The molecule has 0 aliphatic carbocycles. The maximum atomic E-state index is 13.3. The second-order valence-corrected chi connectivity index (χ2v) is 7.01. The molecule has 3 heteroatoms. The number of hydrogen-bond acceptors (Lipinski definition) is 2. The minimum absolute atomic E-state index is 0.0425. The molecule has 1 saturated heterocycles. The number of amides is 1. The van der Waals surface area contributed by atoms with E-state index >= 15 is 0 Å². The van der Waals surface area contributed by atoms with Gasteiger partial charge in [-0.2, -0.15) is 0 Å². The van der Waals surface area contributed by atoms with E-state index in [0.717, 1.165) is 31.5 Å². The Labute approximate surface area is 150 Å². The molecular formula is C22H28N2O. The van der Waals surface area contributed by atoms with E-state index in [1.165, 1.54) is 5.56 Å². The topological polar surface area (TPSA) is 46.3 Å². The Hall–Kier alpha value is -2.13. The van der Waals surface area contributed by atoms with Gasteiger partial charge in [-0.3, -0.25) is 4.79 Å². The molecule has 2 aromatic carbocycles. The van der Waals surface area contributed by atoms with Crippen LogP contribution in [0.1, 0.15) is 42.7 Å². The second kappa shape index (κ2) is 8.30. The van der Waals surface area contributed by atoms with Crippen molar-refractivity contribution in [3.8, 4) is 0 Å². The first-order valence-electron chi connectivity index (χ1n) is 9.33. The molecule has 3 rings (SSSR count). The smallest absolute Gasteiger partial charge is 0.230 e. The number of likely N-dealkylation sites (tertiary alicyclic amines) is 1. The highest BCUT2D eigenvalue weighted by atomic mass is 16.2. The second-order valence-electron chi connectivity index (χ2n) is 7.01. The van der Waals surface area contributed by atoms with Gasteiger partial charge in [-0.1, -0.05) is 74.0 Å². The van der Waals surface area contributed by atoms with Gasteiger partial charge >= 0.3 is 0 Å². The maximum Gasteiger partial charge on any atom is 0.230 e. The van der Waals surface area contributed by atoms with Crippen molar-refractivity contribution in [2.75, 3.05) is 19.6 Å². The Morgan fingerprint density at radius 3 is 2.32 bits per heavy atom. The molecular weight excluding hydrogens is 308 g/mol. The molecule has 1 amide bonds. The van der Waals surface area contributed by atoms with Gasteiger partial charge in [0.25, 0.3) is 0 Å². The van der Waals surface area contributed by atoms with Crippen LogP contribution in [-0.4, -0.2) is 30.4 Å². The Morgan fingerprint density at radius 1 is 1.08 bits per heavy atom. The average Bonchev–Trinajstić information content (AvgIpc) is 3.11. The lowest BCUT2D eigenvalue weighted by Crippen LogP contribution is -2.34. The van der Waals surface area contributed by atoms with Crippen molar-refractivity contribution in [3.63, 3.8) is 0 Å². The van der Waals surface area contributed by atoms with E-state index in [2.05, 4.69) is 43.3 Å². The molecule has 1 fully saturated rings. The van der Waals surface area contributed by atoms with Crippen LogP contribution in [0, 0.1) is 5.92 Å². The SMILES string of the molecule is CCCC(C(=O)N1C[C@@H](CN)[C@H](c2ccccc2)C1)c1ccccc1. The lowest BCUT2D eigenvalue weighted by atomic mass is 9.89. The van der Waals surface area contributed by atoms with Crippen molar-refractivity contribution < 1.29 is 4.79 Å². The van der Waals surface area contributed by atoms with E-state index < -0.39 is 0 Å². The first-order valence-corrected chi connectivity index (χ1v) is 9.33. The van der Waals surface area contributed by atoms with Crippen LogP contribution in [0.2, 0.25) is 0 Å². The van der Waals surface area contributed by atoms with E-state index in [4.69, 9.17) is 5.73 Å². The lowest BCUT2D eigenvalue weighted by Gasteiger charge is -2.24. The summed E-state index contributed by atoms with van der Waals surface area (Å²) in [5, 5.41) is 0. The molecule has 2 aromatic rings. The van der Waals surface area contributed by atoms with Crippen molar-refractivity contribution >= 4 is 5.91 Å². The summed E-state index contributed by atoms with van der Waals surface area (Å²) in [6, 6.07) is 20.7. The summed E-state index contributed by atoms with van der Waals surface area (Å²) < 4.78 is 0. The zero-order valence-corrected chi connectivity index (χ0v) is 15.0. The molecule has 0 spiro atoms. The molecule has 3 atom stereocenters. The number of carbonyl (C=O) groups excluding carboxylic acids is 1. The van der Waals surface area contributed by atoms with E-state index in [0.29, 0.717) is 18.4 Å². The average molecular weight is 336 g/mol. The molecule has 0 saturated carbocycles. The monoisotopic (exact) mass is 336 g/mol. The third-order valence-corrected chi connectivity index (χ3v) is 5.36. The van der Waals surface area contributed by atoms with Gasteiger partial charge in [0.1, 0.15) is 0 Å². The van der Waals surface area contributed by atoms with Crippen molar-refractivity contribution in [2.45, 2.75) is 31.6 Å². The van der Waals surface area contributed by atoms with Gasteiger partial charge in [-0.15, -0.1) is 0 Å². The zero-order valence-electron chi connectivity index (χ0n) is 15.0. The highest BCUT2D eigenvalue weighted by Gasteiger charge is 2.37. The van der Waals surface area contributed by atoms with Gasteiger partial charge < -0.3 is 10.6 Å². The van der Waals surface area contributed by atoms with Crippen LogP contribution in [0.3, 0.4) is 0 Å². The molecule has 0 bridgehead atoms. The third-order valence-electron chi connectivity index (χ3n) is 5.36. The van der Waals surface area contributed by atoms with Gasteiger partial charge in [-0.05, 0) is 30.0 Å². The number of benzene rings is 2. The molecule has 3 nitrogen and oxygen atoms in total. The fraction of sp³-hybridized carbons (Fsp3) is 0.409. The van der Waals surface area contributed by atoms with Crippen LogP contribution in [0.25, 0.3) is 0 Å². The van der Waals surface area contributed by atoms with Crippen LogP contribution in [0.15, 0.2) is 60.7 Å². The molecule has 2 N–H and O–H groups in total. The molecule has 25 heavy (non-hydrogen) atoms. The summed E-state index contributed by atoms with van der Waals surface area (Å²) in [4.78, 5) is 15.3. The van der Waals surface area contributed by atoms with Crippen LogP contribution < -0.4 is 5.73 Å². The largest absolute Gasteiger partial charge is 0.341 e. The number of nitrogens with two attached hydrogens (primary N) is 1. The molecule has 1 heterocycles. The Bertz CT molecular complexity index is 671. The normalized spacial score (nSPS) is 21.3. The Balaban J connectivity index is 1.79. The molecule has 132 valence electrons. The number of rotatable bonds is 6. The Kier molecular flexibility index (Phi) is 5.87. The van der Waals surface area contributed by atoms with E-state index in [-0.39, 0.29) is 11.8 Å². The minimum Gasteiger partial charge on any atom is -0.341 e. The van der Waals surface area contributed by atoms with Gasteiger partial charge in [0.05, 0.1) is 5.92 Å². The first-order chi connectivity index (χ1) is 12.2. The molecule has 1 aliphatic heterocycles. The molecule has 0 radical (unpaired) electrons. The van der Waals surface area contributed by atoms with E-state index in [9.17, 15) is 4.79 Å². The summed E-state index contributed by atoms with van der Waals surface area (Å²) in [5.74, 6) is 0.890. The summed E-state index contributed by atoms with van der Waals surface area (Å²) in [6.07, 6.45) is 1.89. The van der Waals surface area contributed by atoms with E-state index in [1.807, 2.05) is 29.2 Å². The van der Waals surface area contributed by atoms with Crippen LogP contribution in [0.5, 0.6) is 0 Å². The number of hydrogen-bond donors (Lipinski definition) is 1. The maximum absolute atomic E-state index is 13.3. The molecule has 0 aromatic heterocycles. The standard InChI is InChI=1S/C22H28N2O/c1-2-9-20(17-10-5-3-6-11-17)22(25)24-15-19(14-23)21(16-24)18-12-7-4-8-13-18/h3-8,10-13,19-21H,2,9,14-16,23H2,1H3/t19-,20?,21+/m1/s1. The van der Waals surface area contributed by atoms with Crippen LogP contribution >= 0.6 is 0 Å². The number of carbonyl (C=O) groups is 1. The van der Waals surface area contributed by atoms with E-state index in [1.54, 1.807) is 0 Å². The first kappa shape index (κ1) is 17.7. The Morgan fingerprint density at radius 2 is 1.72 bits per heavy atom. The molecule has 1 aliphatic rings. The predicted octanol–water partition coefficient (Wildman–Crippen LogP) is 3.77. The quantitative estimate of drug-likeness (QED) is 0.873. The fourth-order valence-electron chi connectivity index (χ4n) is 4.00. The summed E-state index contributed by atoms with van der Waals surface area (Å²) in [5.41, 5.74) is 8.45. The van der Waals surface area contributed by atoms with Crippen molar-refractivity contribution in [3.05, 3.63) is 71.8 Å². The van der Waals surface area contributed by atoms with Gasteiger partial charge in [-0.25, -0.2) is 0 Å². The minimum atomic E-state index is -0.0425. The summed E-state index contributed by atoms with van der Waals surface area (Å²) in [7, 11) is 0. The molecule has 1 unspecified atom stereocenters. The van der Waals surface area contributed by atoms with Crippen LogP contribution in [-0.2, 0) is 4.79 Å². The number of nitrogens with zero attached hydrogens (tertiary/aromatic N) is 1. The highest BCUT2D eigenvalue weighted by molar-refractivity contribution is 5.84.